The van der Waals surface area contributed by atoms with Gasteiger partial charge in [-0.25, -0.2) is 0 Å². The van der Waals surface area contributed by atoms with E-state index < -0.39 is 4.87 Å². The number of benzene rings is 1. The molecule has 1 N–H and O–H groups in total. The summed E-state index contributed by atoms with van der Waals surface area (Å²) in [6.07, 6.45) is 0.848. The van der Waals surface area contributed by atoms with Crippen molar-refractivity contribution in [3.8, 4) is 0 Å². The molecule has 2 heterocycles. The molecule has 2 aliphatic rings. The fraction of sp³-hybridized carbons (Fsp3) is 0.444. The summed E-state index contributed by atoms with van der Waals surface area (Å²) < 4.78 is 0. The predicted octanol–water partition coefficient (Wildman–Crippen LogP) is 2.23. The lowest BCUT2D eigenvalue weighted by Crippen LogP contribution is -2.48. The van der Waals surface area contributed by atoms with Gasteiger partial charge in [0, 0.05) is 26.0 Å². The number of rotatable bonds is 3. The first kappa shape index (κ1) is 18.4. The fourth-order valence-electron chi connectivity index (χ4n) is 3.17. The normalized spacial score (nSPS) is 21.4. The first-order valence-electron chi connectivity index (χ1n) is 8.55. The lowest BCUT2D eigenvalue weighted by molar-refractivity contribution is -0.139. The fourth-order valence-corrected chi connectivity index (χ4v) is 4.51. The van der Waals surface area contributed by atoms with Crippen molar-refractivity contribution in [2.45, 2.75) is 39.0 Å². The van der Waals surface area contributed by atoms with Gasteiger partial charge in [0.2, 0.25) is 16.7 Å². The van der Waals surface area contributed by atoms with Crippen LogP contribution < -0.4 is 10.2 Å². The third kappa shape index (κ3) is 2.88. The van der Waals surface area contributed by atoms with Crippen molar-refractivity contribution >= 4 is 40.3 Å². The van der Waals surface area contributed by atoms with Crippen molar-refractivity contribution in [2.24, 2.45) is 11.0 Å². The summed E-state index contributed by atoms with van der Waals surface area (Å²) in [6.45, 7) is 7.51. The molecule has 7 nitrogen and oxygen atoms in total. The molecular weight excluding hydrogens is 352 g/mol. The van der Waals surface area contributed by atoms with Gasteiger partial charge in [-0.1, -0.05) is 32.0 Å². The molecule has 3 rings (SSSR count). The molecule has 0 saturated heterocycles. The number of amides is 3. The third-order valence-electron chi connectivity index (χ3n) is 4.34. The molecule has 138 valence electrons. The van der Waals surface area contributed by atoms with Crippen LogP contribution in [-0.4, -0.2) is 34.4 Å². The Kier molecular flexibility index (Phi) is 4.79. The number of thioether (sulfide) groups is 1. The first-order chi connectivity index (χ1) is 12.3. The molecule has 8 heteroatoms. The summed E-state index contributed by atoms with van der Waals surface area (Å²) in [5.41, 5.74) is 1.51. The van der Waals surface area contributed by atoms with Crippen molar-refractivity contribution in [2.75, 3.05) is 11.4 Å². The second-order valence-corrected chi connectivity index (χ2v) is 8.00. The second-order valence-electron chi connectivity index (χ2n) is 6.82. The Balaban J connectivity index is 2.07. The average molecular weight is 374 g/mol. The number of hydrazone groups is 1. The van der Waals surface area contributed by atoms with Gasteiger partial charge in [0.1, 0.15) is 0 Å². The summed E-state index contributed by atoms with van der Waals surface area (Å²) in [6, 6.07) is 7.45. The van der Waals surface area contributed by atoms with Gasteiger partial charge in [0.05, 0.1) is 5.69 Å². The Bertz CT molecular complexity index is 807. The molecule has 1 aromatic rings. The van der Waals surface area contributed by atoms with Crippen LogP contribution in [0.5, 0.6) is 0 Å². The Morgan fingerprint density at radius 3 is 2.58 bits per heavy atom. The highest BCUT2D eigenvalue weighted by molar-refractivity contribution is 8.15. The monoisotopic (exact) mass is 374 g/mol. The van der Waals surface area contributed by atoms with Gasteiger partial charge in [-0.3, -0.25) is 14.4 Å². The number of hydrogen-bond acceptors (Lipinski definition) is 5. The maximum atomic E-state index is 13.5. The number of carbonyl (C=O) groups is 3. The molecule has 3 amide bonds. The van der Waals surface area contributed by atoms with Gasteiger partial charge in [-0.15, -0.1) is 5.10 Å². The summed E-state index contributed by atoms with van der Waals surface area (Å²) >= 11 is 1.11. The number of nitrogens with zero attached hydrogens (tertiary/aromatic N) is 3. The highest BCUT2D eigenvalue weighted by Crippen LogP contribution is 2.54. The van der Waals surface area contributed by atoms with Crippen LogP contribution >= 0.6 is 11.8 Å². The Labute approximate surface area is 156 Å². The molecule has 0 radical (unpaired) electrons. The molecule has 0 aromatic heterocycles. The molecule has 2 aliphatic heterocycles. The lowest BCUT2D eigenvalue weighted by Gasteiger charge is -2.29. The van der Waals surface area contributed by atoms with E-state index in [0.717, 1.165) is 29.4 Å². The van der Waals surface area contributed by atoms with E-state index in [-0.39, 0.29) is 22.9 Å². The lowest BCUT2D eigenvalue weighted by atomic mass is 10.1. The van der Waals surface area contributed by atoms with Gasteiger partial charge in [-0.05, 0) is 30.2 Å². The minimum absolute atomic E-state index is 0.205. The number of amidine groups is 1. The highest BCUT2D eigenvalue weighted by Gasteiger charge is 2.60. The molecule has 1 atom stereocenters. The molecule has 1 spiro atoms. The van der Waals surface area contributed by atoms with E-state index in [0.29, 0.717) is 12.5 Å². The number of nitrogens with one attached hydrogen (secondary N) is 1. The number of carbonyl (C=O) groups excluding carboxylic acids is 3. The summed E-state index contributed by atoms with van der Waals surface area (Å²) in [4.78, 5) is 37.6. The molecule has 0 fully saturated rings. The molecule has 26 heavy (non-hydrogen) atoms. The van der Waals surface area contributed by atoms with Crippen molar-refractivity contribution in [3.63, 3.8) is 0 Å². The van der Waals surface area contributed by atoms with Crippen molar-refractivity contribution in [3.05, 3.63) is 29.8 Å². The minimum Gasteiger partial charge on any atom is -0.309 e. The van der Waals surface area contributed by atoms with E-state index in [2.05, 4.69) is 24.3 Å². The molecular formula is C18H22N4O3S. The van der Waals surface area contributed by atoms with Crippen molar-refractivity contribution < 1.29 is 14.4 Å². The third-order valence-corrected chi connectivity index (χ3v) is 5.58. The summed E-state index contributed by atoms with van der Waals surface area (Å²) in [7, 11) is 0. The zero-order valence-electron chi connectivity index (χ0n) is 15.3. The maximum absolute atomic E-state index is 13.5. The zero-order valence-corrected chi connectivity index (χ0v) is 16.1. The second kappa shape index (κ2) is 6.75. The standard InChI is InChI=1S/C18H22N4O3S/c1-11(2)9-10-21-15-8-6-5-7-14(15)18(16(21)25)22(13(4)24)20-17(26-18)19-12(3)23/h5-8,11H,9-10H2,1-4H3,(H,19,20,23)/t18-/m0/s1. The van der Waals surface area contributed by atoms with Gasteiger partial charge < -0.3 is 10.2 Å². The van der Waals surface area contributed by atoms with Crippen molar-refractivity contribution in [1.29, 1.82) is 0 Å². The molecule has 0 bridgehead atoms. The van der Waals surface area contributed by atoms with Crippen LogP contribution in [0.25, 0.3) is 0 Å². The van der Waals surface area contributed by atoms with Gasteiger partial charge in [-0.2, -0.15) is 5.01 Å². The van der Waals surface area contributed by atoms with Gasteiger partial charge in [0.15, 0.2) is 5.17 Å². The first-order valence-corrected chi connectivity index (χ1v) is 9.36. The summed E-state index contributed by atoms with van der Waals surface area (Å²) in [5, 5.41) is 8.27. The van der Waals surface area contributed by atoms with Crippen LogP contribution in [0.4, 0.5) is 5.69 Å². The Morgan fingerprint density at radius 1 is 1.27 bits per heavy atom. The van der Waals surface area contributed by atoms with Gasteiger partial charge in [0.25, 0.3) is 5.91 Å². The highest BCUT2D eigenvalue weighted by atomic mass is 32.2. The molecule has 0 saturated carbocycles. The van der Waals surface area contributed by atoms with Crippen molar-refractivity contribution in [1.82, 2.24) is 10.3 Å². The largest absolute Gasteiger partial charge is 0.309 e. The number of fused-ring (bicyclic) bond motifs is 2. The minimum atomic E-state index is -1.29. The Hall–Kier alpha value is -2.35. The van der Waals surface area contributed by atoms with Crippen LogP contribution in [0.2, 0.25) is 0 Å². The van der Waals surface area contributed by atoms with Crippen LogP contribution in [0.1, 0.15) is 39.7 Å². The van der Waals surface area contributed by atoms with E-state index in [4.69, 9.17) is 0 Å². The number of hydrogen-bond donors (Lipinski definition) is 1. The predicted molar refractivity (Wildman–Crippen MR) is 101 cm³/mol. The number of para-hydroxylation sites is 1. The van der Waals surface area contributed by atoms with E-state index >= 15 is 0 Å². The van der Waals surface area contributed by atoms with Crippen LogP contribution in [-0.2, 0) is 19.3 Å². The topological polar surface area (TPSA) is 82.1 Å². The van der Waals surface area contributed by atoms with E-state index in [9.17, 15) is 14.4 Å². The van der Waals surface area contributed by atoms with E-state index in [1.807, 2.05) is 24.3 Å². The molecule has 0 unspecified atom stereocenters. The molecule has 0 aliphatic carbocycles. The smallest absolute Gasteiger partial charge is 0.270 e. The quantitative estimate of drug-likeness (QED) is 0.880. The van der Waals surface area contributed by atoms with Crippen LogP contribution in [0.15, 0.2) is 29.4 Å². The average Bonchev–Trinajstić information content (AvgIpc) is 3.04. The van der Waals surface area contributed by atoms with E-state index in [1.165, 1.54) is 18.9 Å². The zero-order chi connectivity index (χ0) is 19.1. The molecule has 1 aromatic carbocycles. The summed E-state index contributed by atoms with van der Waals surface area (Å²) in [5.74, 6) is -0.416. The van der Waals surface area contributed by atoms with E-state index in [1.54, 1.807) is 4.90 Å². The SMILES string of the molecule is CC(=O)NC1=NN(C(C)=O)[C@@]2(S1)C(=O)N(CCC(C)C)c1ccccc12. The Morgan fingerprint density at radius 2 is 1.96 bits per heavy atom. The maximum Gasteiger partial charge on any atom is 0.270 e. The van der Waals surface area contributed by atoms with Crippen LogP contribution in [0.3, 0.4) is 0 Å². The van der Waals surface area contributed by atoms with Crippen LogP contribution in [0, 0.1) is 5.92 Å². The van der Waals surface area contributed by atoms with Gasteiger partial charge >= 0.3 is 0 Å². The number of anilines is 1.